The molecule has 1 aliphatic rings. The molecule has 2 rings (SSSR count). The van der Waals surface area contributed by atoms with Crippen LogP contribution >= 0.6 is 11.3 Å². The first kappa shape index (κ1) is 68.5. The van der Waals surface area contributed by atoms with E-state index in [1.165, 1.54) is 165 Å². The molecule has 378 valence electrons. The Bertz CT molecular complexity index is 1100. The SMILES string of the molecule is CC.CC.CC.CCCCCCCC/C=C\CCCCCCCC=O.CCCCCCCC/C=C\CCCCCCCC=O.Cc1sc2c(c1C(=O)NCCCN(C)C)CCN(C)C2. The average Bonchev–Trinajstić information content (AvgIpc) is 3.64. The summed E-state index contributed by atoms with van der Waals surface area (Å²) in [5, 5.41) is 3.07. The van der Waals surface area contributed by atoms with Crippen LogP contribution in [-0.4, -0.2) is 69.1 Å². The molecule has 0 radical (unpaired) electrons. The number of hydrogen-bond acceptors (Lipinski definition) is 6. The maximum absolute atomic E-state index is 12.4. The molecule has 0 spiro atoms. The summed E-state index contributed by atoms with van der Waals surface area (Å²) < 4.78 is 0. The van der Waals surface area contributed by atoms with Crippen LogP contribution in [0.15, 0.2) is 24.3 Å². The number of aryl methyl sites for hydroxylation is 1. The topological polar surface area (TPSA) is 69.7 Å². The molecule has 0 unspecified atom stereocenters. The van der Waals surface area contributed by atoms with Gasteiger partial charge in [0.05, 0.1) is 5.56 Å². The van der Waals surface area contributed by atoms with E-state index in [2.05, 4.69) is 81.3 Å². The minimum Gasteiger partial charge on any atom is -0.352 e. The molecule has 0 saturated heterocycles. The first-order chi connectivity index (χ1) is 31.3. The lowest BCUT2D eigenvalue weighted by Gasteiger charge is -2.22. The van der Waals surface area contributed by atoms with Gasteiger partial charge < -0.3 is 24.7 Å². The number of likely N-dealkylation sites (N-methyl/N-ethyl adjacent to an activating group) is 1. The van der Waals surface area contributed by atoms with Gasteiger partial charge in [0.2, 0.25) is 0 Å². The zero-order valence-electron chi connectivity index (χ0n) is 45.0. The number of thiophene rings is 1. The van der Waals surface area contributed by atoms with Crippen molar-refractivity contribution < 1.29 is 14.4 Å². The zero-order chi connectivity index (χ0) is 48.7. The second kappa shape index (κ2) is 58.9. The van der Waals surface area contributed by atoms with Crippen molar-refractivity contribution in [2.24, 2.45) is 0 Å². The standard InChI is InChI=1S/2C18H34O.C15H25N3OS.3C2H6/c2*1-2-3-4-5-6-7-8-9-10-11-12-13-14-15-16-17-18-19;1-11-14(15(19)16-7-5-8-17(2)3)12-6-9-18(4)10-13(12)20-11;3*1-2/h2*9-10,18H,2-8,11-17H2,1H3;5-10H2,1-4H3,(H,16,19);3*1-2H3/b2*10-9-;;;;. The van der Waals surface area contributed by atoms with E-state index in [1.807, 2.05) is 41.5 Å². The molecule has 0 bridgehead atoms. The number of hydrogen-bond donors (Lipinski definition) is 1. The molecule has 0 aliphatic carbocycles. The monoisotopic (exact) mass is 918 g/mol. The van der Waals surface area contributed by atoms with Crippen molar-refractivity contribution in [1.82, 2.24) is 15.1 Å². The molecule has 1 aliphatic heterocycles. The average molecular weight is 919 g/mol. The number of allylic oxidation sites excluding steroid dienone is 4. The van der Waals surface area contributed by atoms with Crippen LogP contribution in [0.5, 0.6) is 0 Å². The molecular formula is C57H111N3O3S. The number of carbonyl (C=O) groups excluding carboxylic acids is 3. The van der Waals surface area contributed by atoms with Gasteiger partial charge in [-0.05, 0) is 117 Å². The van der Waals surface area contributed by atoms with Gasteiger partial charge in [0.25, 0.3) is 5.91 Å². The van der Waals surface area contributed by atoms with Crippen molar-refractivity contribution >= 4 is 29.8 Å². The molecule has 1 N–H and O–H groups in total. The van der Waals surface area contributed by atoms with Crippen molar-refractivity contribution in [3.05, 3.63) is 45.2 Å². The fourth-order valence-corrected chi connectivity index (χ4v) is 8.55. The van der Waals surface area contributed by atoms with E-state index in [-0.39, 0.29) is 5.91 Å². The Morgan fingerprint density at radius 3 is 1.30 bits per heavy atom. The van der Waals surface area contributed by atoms with Crippen molar-refractivity contribution in [3.8, 4) is 0 Å². The Balaban J connectivity index is -0.000000398. The summed E-state index contributed by atoms with van der Waals surface area (Å²) in [4.78, 5) is 39.6. The van der Waals surface area contributed by atoms with Gasteiger partial charge in [-0.25, -0.2) is 0 Å². The molecule has 0 fully saturated rings. The largest absolute Gasteiger partial charge is 0.352 e. The number of nitrogens with one attached hydrogen (secondary N) is 1. The fourth-order valence-electron chi connectivity index (χ4n) is 7.25. The van der Waals surface area contributed by atoms with Crippen molar-refractivity contribution in [3.63, 3.8) is 0 Å². The highest BCUT2D eigenvalue weighted by Gasteiger charge is 2.24. The smallest absolute Gasteiger partial charge is 0.252 e. The molecular weight excluding hydrogens is 807 g/mol. The normalized spacial score (nSPS) is 11.8. The molecule has 1 aromatic rings. The Morgan fingerprint density at radius 2 is 0.938 bits per heavy atom. The van der Waals surface area contributed by atoms with Crippen LogP contribution in [0.2, 0.25) is 0 Å². The van der Waals surface area contributed by atoms with Crippen LogP contribution in [0.1, 0.15) is 267 Å². The van der Waals surface area contributed by atoms with E-state index in [4.69, 9.17) is 0 Å². The van der Waals surface area contributed by atoms with E-state index >= 15 is 0 Å². The second-order valence-corrected chi connectivity index (χ2v) is 18.2. The lowest BCUT2D eigenvalue weighted by Crippen LogP contribution is -2.30. The summed E-state index contributed by atoms with van der Waals surface area (Å²) >= 11 is 1.78. The van der Waals surface area contributed by atoms with E-state index < -0.39 is 0 Å². The van der Waals surface area contributed by atoms with Gasteiger partial charge in [-0.15, -0.1) is 11.3 Å². The Hall–Kier alpha value is -2.09. The maximum atomic E-state index is 12.4. The highest BCUT2D eigenvalue weighted by Crippen LogP contribution is 2.32. The van der Waals surface area contributed by atoms with Crippen LogP contribution in [-0.2, 0) is 22.6 Å². The van der Waals surface area contributed by atoms with Gasteiger partial charge in [0.15, 0.2) is 0 Å². The maximum Gasteiger partial charge on any atom is 0.252 e. The van der Waals surface area contributed by atoms with Crippen LogP contribution in [0, 0.1) is 6.92 Å². The highest BCUT2D eigenvalue weighted by atomic mass is 32.1. The first-order valence-electron chi connectivity index (χ1n) is 27.2. The third-order valence-corrected chi connectivity index (χ3v) is 12.0. The predicted octanol–water partition coefficient (Wildman–Crippen LogP) is 17.3. The molecule has 1 amide bonds. The van der Waals surface area contributed by atoms with Crippen LogP contribution in [0.3, 0.4) is 0 Å². The van der Waals surface area contributed by atoms with Crippen LogP contribution in [0.4, 0.5) is 0 Å². The Morgan fingerprint density at radius 1 is 0.578 bits per heavy atom. The summed E-state index contributed by atoms with van der Waals surface area (Å²) in [5.41, 5.74) is 2.23. The van der Waals surface area contributed by atoms with Gasteiger partial charge in [-0.1, -0.05) is 182 Å². The number of nitrogens with zero attached hydrogens (tertiary/aromatic N) is 2. The number of aldehydes is 2. The molecule has 6 nitrogen and oxygen atoms in total. The first-order valence-corrected chi connectivity index (χ1v) is 28.0. The van der Waals surface area contributed by atoms with Gasteiger partial charge >= 0.3 is 0 Å². The quantitative estimate of drug-likeness (QED) is 0.0417. The number of amides is 1. The Labute approximate surface area is 405 Å². The molecule has 0 atom stereocenters. The van der Waals surface area contributed by atoms with E-state index in [0.717, 1.165) is 87.7 Å². The lowest BCUT2D eigenvalue weighted by atomic mass is 10.0. The summed E-state index contributed by atoms with van der Waals surface area (Å²) in [5.74, 6) is 0.114. The molecule has 0 aromatic carbocycles. The lowest BCUT2D eigenvalue weighted by molar-refractivity contribution is -0.108. The third-order valence-electron chi connectivity index (χ3n) is 10.9. The number of carbonyl (C=O) groups is 3. The highest BCUT2D eigenvalue weighted by molar-refractivity contribution is 7.12. The number of unbranched alkanes of at least 4 members (excludes halogenated alkanes) is 24. The molecule has 0 saturated carbocycles. The van der Waals surface area contributed by atoms with E-state index in [9.17, 15) is 14.4 Å². The molecule has 2 heterocycles. The van der Waals surface area contributed by atoms with Crippen molar-refractivity contribution in [2.45, 2.75) is 261 Å². The summed E-state index contributed by atoms with van der Waals surface area (Å²) in [6.45, 7) is 22.4. The van der Waals surface area contributed by atoms with Gasteiger partial charge in [-0.3, -0.25) is 4.79 Å². The Kier molecular flexibility index (Phi) is 63.1. The van der Waals surface area contributed by atoms with E-state index in [1.54, 1.807) is 11.3 Å². The predicted molar refractivity (Wildman–Crippen MR) is 290 cm³/mol. The molecule has 7 heteroatoms. The number of fused-ring (bicyclic) bond motifs is 1. The molecule has 64 heavy (non-hydrogen) atoms. The van der Waals surface area contributed by atoms with Crippen molar-refractivity contribution in [1.29, 1.82) is 0 Å². The van der Waals surface area contributed by atoms with Gasteiger partial charge in [0.1, 0.15) is 12.6 Å². The second-order valence-electron chi connectivity index (χ2n) is 16.9. The minimum absolute atomic E-state index is 0.114. The van der Waals surface area contributed by atoms with Crippen LogP contribution < -0.4 is 5.32 Å². The minimum atomic E-state index is 0.114. The summed E-state index contributed by atoms with van der Waals surface area (Å²) in [7, 11) is 6.24. The summed E-state index contributed by atoms with van der Waals surface area (Å²) in [6.07, 6.45) is 49.2. The van der Waals surface area contributed by atoms with E-state index in [0.29, 0.717) is 0 Å². The van der Waals surface area contributed by atoms with Crippen molar-refractivity contribution in [2.75, 3.05) is 40.8 Å². The summed E-state index contributed by atoms with van der Waals surface area (Å²) in [6, 6.07) is 0. The third kappa shape index (κ3) is 47.9. The van der Waals surface area contributed by atoms with Gasteiger partial charge in [0, 0.05) is 42.2 Å². The number of rotatable bonds is 35. The molecule has 1 aromatic heterocycles. The van der Waals surface area contributed by atoms with Gasteiger partial charge in [-0.2, -0.15) is 0 Å². The van der Waals surface area contributed by atoms with Crippen LogP contribution in [0.25, 0.3) is 0 Å². The zero-order valence-corrected chi connectivity index (χ0v) is 45.8. The fraction of sp³-hybridized carbons (Fsp3) is 0.807.